The number of carbonyl (C=O) groups is 1. The highest BCUT2D eigenvalue weighted by atomic mass is 16.6. The summed E-state index contributed by atoms with van der Waals surface area (Å²) in [6, 6.07) is 9.98. The predicted molar refractivity (Wildman–Crippen MR) is 105 cm³/mol. The number of non-ortho nitro benzene ring substituents is 1. The van der Waals surface area contributed by atoms with E-state index in [-0.39, 0.29) is 17.7 Å². The van der Waals surface area contributed by atoms with Crippen LogP contribution in [0.5, 0.6) is 11.5 Å². The van der Waals surface area contributed by atoms with Crippen LogP contribution in [0.2, 0.25) is 0 Å². The maximum absolute atomic E-state index is 12.2. The summed E-state index contributed by atoms with van der Waals surface area (Å²) in [5.41, 5.74) is 2.51. The molecular formula is C21H22N2O5. The van der Waals surface area contributed by atoms with Crippen LogP contribution in [0, 0.1) is 10.1 Å². The van der Waals surface area contributed by atoms with Crippen LogP contribution in [-0.4, -0.2) is 23.5 Å². The molecule has 2 aromatic rings. The van der Waals surface area contributed by atoms with Crippen LogP contribution in [0.15, 0.2) is 42.5 Å². The highest BCUT2D eigenvalue weighted by Crippen LogP contribution is 2.35. The van der Waals surface area contributed by atoms with Gasteiger partial charge in [0, 0.05) is 42.3 Å². The van der Waals surface area contributed by atoms with Crippen LogP contribution in [0.25, 0.3) is 6.08 Å². The maximum atomic E-state index is 12.2. The van der Waals surface area contributed by atoms with Gasteiger partial charge in [0.2, 0.25) is 5.91 Å². The molecular weight excluding hydrogens is 360 g/mol. The molecule has 1 heterocycles. The van der Waals surface area contributed by atoms with Crippen molar-refractivity contribution in [3.8, 4) is 11.5 Å². The molecule has 7 heteroatoms. The molecule has 0 bridgehead atoms. The fraction of sp³-hybridized carbons (Fsp3) is 0.286. The summed E-state index contributed by atoms with van der Waals surface area (Å²) in [6.45, 7) is 4.75. The molecule has 0 fully saturated rings. The van der Waals surface area contributed by atoms with E-state index in [0.29, 0.717) is 18.7 Å². The number of nitro benzene ring substituents is 1. The number of hydrogen-bond donors (Lipinski definition) is 1. The van der Waals surface area contributed by atoms with Crippen molar-refractivity contribution >= 4 is 17.7 Å². The summed E-state index contributed by atoms with van der Waals surface area (Å²) >= 11 is 0. The number of rotatable bonds is 7. The molecule has 28 heavy (non-hydrogen) atoms. The quantitative estimate of drug-likeness (QED) is 0.448. The van der Waals surface area contributed by atoms with Gasteiger partial charge < -0.3 is 14.8 Å². The summed E-state index contributed by atoms with van der Waals surface area (Å²) < 4.78 is 11.5. The van der Waals surface area contributed by atoms with Gasteiger partial charge >= 0.3 is 0 Å². The fourth-order valence-corrected chi connectivity index (χ4v) is 3.06. The average molecular weight is 382 g/mol. The number of nitrogens with zero attached hydrogens (tertiary/aromatic N) is 1. The molecule has 2 aromatic carbocycles. The molecule has 0 saturated heterocycles. The van der Waals surface area contributed by atoms with Gasteiger partial charge in [-0.05, 0) is 37.6 Å². The zero-order valence-corrected chi connectivity index (χ0v) is 15.8. The number of amides is 1. The molecule has 146 valence electrons. The zero-order chi connectivity index (χ0) is 20.1. The first-order valence-electron chi connectivity index (χ1n) is 9.12. The third-order valence-electron chi connectivity index (χ3n) is 4.34. The standard InChI is InChI=1S/C21H22N2O5/c1-3-27-19-11-16-9-14(2)28-20(16)12-17(19)13-22-21(24)8-7-15-5-4-6-18(10-15)23(25)26/h4-8,10-12,14H,3,9,13H2,1-2H3,(H,22,24)/b8-7+/t14-/m0/s1. The second-order valence-electron chi connectivity index (χ2n) is 6.54. The van der Waals surface area contributed by atoms with E-state index in [9.17, 15) is 14.9 Å². The number of ether oxygens (including phenoxy) is 2. The van der Waals surface area contributed by atoms with Gasteiger partial charge in [0.25, 0.3) is 5.69 Å². The topological polar surface area (TPSA) is 90.7 Å². The SMILES string of the molecule is CCOc1cc2c(cc1CNC(=O)/C=C/c1cccc([N+](=O)[O-])c1)O[C@@H](C)C2. The minimum absolute atomic E-state index is 0.0173. The van der Waals surface area contributed by atoms with E-state index in [0.717, 1.165) is 29.0 Å². The molecule has 0 saturated carbocycles. The Morgan fingerprint density at radius 2 is 2.21 bits per heavy atom. The fourth-order valence-electron chi connectivity index (χ4n) is 3.06. The van der Waals surface area contributed by atoms with Gasteiger partial charge in [-0.3, -0.25) is 14.9 Å². The molecule has 1 aliphatic heterocycles. The van der Waals surface area contributed by atoms with Crippen LogP contribution >= 0.6 is 0 Å². The molecule has 1 N–H and O–H groups in total. The minimum atomic E-state index is -0.469. The van der Waals surface area contributed by atoms with Gasteiger partial charge in [-0.15, -0.1) is 0 Å². The van der Waals surface area contributed by atoms with Crippen LogP contribution < -0.4 is 14.8 Å². The number of hydrogen-bond acceptors (Lipinski definition) is 5. The number of carbonyl (C=O) groups excluding carboxylic acids is 1. The van der Waals surface area contributed by atoms with Crippen molar-refractivity contribution in [3.63, 3.8) is 0 Å². The van der Waals surface area contributed by atoms with Gasteiger partial charge in [-0.25, -0.2) is 0 Å². The monoisotopic (exact) mass is 382 g/mol. The number of fused-ring (bicyclic) bond motifs is 1. The molecule has 7 nitrogen and oxygen atoms in total. The van der Waals surface area contributed by atoms with E-state index in [2.05, 4.69) is 5.32 Å². The summed E-state index contributed by atoms with van der Waals surface area (Å²) in [6.07, 6.45) is 3.87. The number of nitrogens with one attached hydrogen (secondary N) is 1. The van der Waals surface area contributed by atoms with Gasteiger partial charge in [0.05, 0.1) is 11.5 Å². The Bertz CT molecular complexity index is 923. The van der Waals surface area contributed by atoms with Gasteiger partial charge in [0.1, 0.15) is 17.6 Å². The van der Waals surface area contributed by atoms with E-state index in [1.807, 2.05) is 26.0 Å². The van der Waals surface area contributed by atoms with Gasteiger partial charge in [-0.2, -0.15) is 0 Å². The Kier molecular flexibility index (Phi) is 5.93. The Morgan fingerprint density at radius 1 is 1.39 bits per heavy atom. The second kappa shape index (κ2) is 8.56. The first kappa shape index (κ1) is 19.4. The molecule has 0 aliphatic carbocycles. The van der Waals surface area contributed by atoms with E-state index < -0.39 is 4.92 Å². The lowest BCUT2D eigenvalue weighted by atomic mass is 10.1. The smallest absolute Gasteiger partial charge is 0.270 e. The lowest BCUT2D eigenvalue weighted by molar-refractivity contribution is -0.384. The van der Waals surface area contributed by atoms with Crippen molar-refractivity contribution in [1.29, 1.82) is 0 Å². The van der Waals surface area contributed by atoms with Gasteiger partial charge in [-0.1, -0.05) is 12.1 Å². The molecule has 0 aromatic heterocycles. The molecule has 3 rings (SSSR count). The molecule has 1 atom stereocenters. The van der Waals surface area contributed by atoms with Crippen molar-refractivity contribution in [2.24, 2.45) is 0 Å². The summed E-state index contributed by atoms with van der Waals surface area (Å²) in [5.74, 6) is 1.26. The van der Waals surface area contributed by atoms with Crippen molar-refractivity contribution < 1.29 is 19.2 Å². The third-order valence-corrected chi connectivity index (χ3v) is 4.34. The maximum Gasteiger partial charge on any atom is 0.270 e. The van der Waals surface area contributed by atoms with Crippen molar-refractivity contribution in [2.75, 3.05) is 6.61 Å². The normalized spacial score (nSPS) is 15.1. The molecule has 0 radical (unpaired) electrons. The van der Waals surface area contributed by atoms with Crippen LogP contribution in [0.4, 0.5) is 5.69 Å². The molecule has 0 spiro atoms. The lowest BCUT2D eigenvalue weighted by Gasteiger charge is -2.13. The molecule has 0 unspecified atom stereocenters. The minimum Gasteiger partial charge on any atom is -0.494 e. The lowest BCUT2D eigenvalue weighted by Crippen LogP contribution is -2.20. The van der Waals surface area contributed by atoms with Crippen molar-refractivity contribution in [3.05, 3.63) is 69.3 Å². The van der Waals surface area contributed by atoms with E-state index in [1.165, 1.54) is 18.2 Å². The van der Waals surface area contributed by atoms with E-state index >= 15 is 0 Å². The highest BCUT2D eigenvalue weighted by Gasteiger charge is 2.21. The third kappa shape index (κ3) is 4.68. The van der Waals surface area contributed by atoms with Crippen molar-refractivity contribution in [2.45, 2.75) is 32.9 Å². The van der Waals surface area contributed by atoms with Crippen LogP contribution in [0.3, 0.4) is 0 Å². The first-order valence-corrected chi connectivity index (χ1v) is 9.12. The largest absolute Gasteiger partial charge is 0.494 e. The summed E-state index contributed by atoms with van der Waals surface area (Å²) in [7, 11) is 0. The Balaban J connectivity index is 1.66. The Labute approximate surface area is 163 Å². The predicted octanol–water partition coefficient (Wildman–Crippen LogP) is 3.65. The van der Waals surface area contributed by atoms with Crippen LogP contribution in [0.1, 0.15) is 30.5 Å². The van der Waals surface area contributed by atoms with E-state index in [4.69, 9.17) is 9.47 Å². The summed E-state index contributed by atoms with van der Waals surface area (Å²) in [5, 5.41) is 13.6. The summed E-state index contributed by atoms with van der Waals surface area (Å²) in [4.78, 5) is 22.5. The Morgan fingerprint density at radius 3 is 2.96 bits per heavy atom. The van der Waals surface area contributed by atoms with Gasteiger partial charge in [0.15, 0.2) is 0 Å². The molecule has 1 amide bonds. The number of nitro groups is 1. The zero-order valence-electron chi connectivity index (χ0n) is 15.8. The van der Waals surface area contributed by atoms with Crippen LogP contribution in [-0.2, 0) is 17.8 Å². The average Bonchev–Trinajstić information content (AvgIpc) is 3.03. The Hall–Kier alpha value is -3.35. The molecule has 1 aliphatic rings. The first-order chi connectivity index (χ1) is 13.5. The van der Waals surface area contributed by atoms with E-state index in [1.54, 1.807) is 18.2 Å². The van der Waals surface area contributed by atoms with Crippen molar-refractivity contribution in [1.82, 2.24) is 5.32 Å². The highest BCUT2D eigenvalue weighted by molar-refractivity contribution is 5.91. The second-order valence-corrected chi connectivity index (χ2v) is 6.54. The number of benzene rings is 2.